The first-order chi connectivity index (χ1) is 8.22. The molecule has 0 aliphatic rings. The number of aromatic nitrogens is 4. The van der Waals surface area contributed by atoms with Gasteiger partial charge in [0.25, 0.3) is 0 Å². The lowest BCUT2D eigenvalue weighted by Crippen LogP contribution is -2.16. The van der Waals surface area contributed by atoms with E-state index >= 15 is 0 Å². The molecule has 90 valence electrons. The Labute approximate surface area is 101 Å². The molecule has 0 bridgehead atoms. The molecular formula is C10H12N4O2S. The predicted octanol–water partition coefficient (Wildman–Crippen LogP) is 0.894. The van der Waals surface area contributed by atoms with E-state index in [4.69, 9.17) is 0 Å². The molecule has 0 unspecified atom stereocenters. The summed E-state index contributed by atoms with van der Waals surface area (Å²) in [6, 6.07) is 3.49. The van der Waals surface area contributed by atoms with Crippen molar-refractivity contribution >= 4 is 17.5 Å². The number of nitrogens with one attached hydrogen (secondary N) is 2. The highest BCUT2D eigenvalue weighted by atomic mass is 32.2. The summed E-state index contributed by atoms with van der Waals surface area (Å²) in [6.07, 6.45) is 1.70. The second-order valence-electron chi connectivity index (χ2n) is 3.35. The van der Waals surface area contributed by atoms with Gasteiger partial charge in [0.1, 0.15) is 0 Å². The smallest absolute Gasteiger partial charge is 0.343 e. The van der Waals surface area contributed by atoms with Crippen LogP contribution in [0.3, 0.4) is 0 Å². The number of nitrogens with zero attached hydrogens (tertiary/aromatic N) is 2. The van der Waals surface area contributed by atoms with E-state index in [-0.39, 0.29) is 17.2 Å². The van der Waals surface area contributed by atoms with Crippen molar-refractivity contribution in [3.05, 3.63) is 34.5 Å². The Balaban J connectivity index is 2.03. The van der Waals surface area contributed by atoms with Gasteiger partial charge in [0.15, 0.2) is 10.9 Å². The molecule has 0 saturated heterocycles. The molecule has 0 aromatic carbocycles. The zero-order valence-corrected chi connectivity index (χ0v) is 10.1. The number of carbonyl (C=O) groups excluding carboxylic acids is 1. The predicted molar refractivity (Wildman–Crippen MR) is 64.4 cm³/mol. The van der Waals surface area contributed by atoms with Crippen LogP contribution in [0.15, 0.2) is 28.3 Å². The number of hydrogen-bond donors (Lipinski definition) is 2. The number of ketones is 1. The summed E-state index contributed by atoms with van der Waals surface area (Å²) in [7, 11) is 0. The Morgan fingerprint density at radius 1 is 1.59 bits per heavy atom. The number of thioether (sulfide) groups is 1. The number of hydrogen-bond acceptors (Lipinski definition) is 4. The van der Waals surface area contributed by atoms with Crippen molar-refractivity contribution in [3.8, 4) is 0 Å². The normalized spacial score (nSPS) is 10.6. The van der Waals surface area contributed by atoms with Gasteiger partial charge in [-0.3, -0.25) is 9.36 Å². The van der Waals surface area contributed by atoms with Crippen molar-refractivity contribution in [2.45, 2.75) is 18.6 Å². The summed E-state index contributed by atoms with van der Waals surface area (Å²) < 4.78 is 1.49. The summed E-state index contributed by atoms with van der Waals surface area (Å²) in [4.78, 5) is 25.8. The first-order valence-corrected chi connectivity index (χ1v) is 6.15. The Hall–Kier alpha value is -1.76. The molecule has 0 aliphatic heterocycles. The lowest BCUT2D eigenvalue weighted by atomic mass is 10.3. The maximum atomic E-state index is 11.7. The van der Waals surface area contributed by atoms with E-state index in [1.54, 1.807) is 18.3 Å². The van der Waals surface area contributed by atoms with Crippen molar-refractivity contribution in [2.75, 3.05) is 5.75 Å². The van der Waals surface area contributed by atoms with Crippen LogP contribution >= 0.6 is 11.8 Å². The average molecular weight is 252 g/mol. The summed E-state index contributed by atoms with van der Waals surface area (Å²) >= 11 is 1.25. The molecule has 7 heteroatoms. The van der Waals surface area contributed by atoms with Gasteiger partial charge in [0.2, 0.25) is 0 Å². The van der Waals surface area contributed by atoms with Gasteiger partial charge in [-0.15, -0.1) is 5.10 Å². The van der Waals surface area contributed by atoms with Crippen LogP contribution in [0.4, 0.5) is 0 Å². The van der Waals surface area contributed by atoms with Gasteiger partial charge < -0.3 is 4.98 Å². The molecule has 2 heterocycles. The molecule has 0 saturated carbocycles. The fourth-order valence-electron chi connectivity index (χ4n) is 1.40. The van der Waals surface area contributed by atoms with Gasteiger partial charge in [-0.05, 0) is 19.1 Å². The van der Waals surface area contributed by atoms with Gasteiger partial charge in [-0.25, -0.2) is 9.89 Å². The Morgan fingerprint density at radius 2 is 2.41 bits per heavy atom. The van der Waals surface area contributed by atoms with Crippen LogP contribution in [0.25, 0.3) is 0 Å². The molecule has 2 aromatic rings. The fraction of sp³-hybridized carbons (Fsp3) is 0.300. The third-order valence-electron chi connectivity index (χ3n) is 2.27. The molecule has 0 spiro atoms. The van der Waals surface area contributed by atoms with E-state index in [9.17, 15) is 9.59 Å². The quantitative estimate of drug-likeness (QED) is 0.611. The van der Waals surface area contributed by atoms with Crippen molar-refractivity contribution in [1.29, 1.82) is 0 Å². The SMILES string of the molecule is CCn1c(SCC(=O)c2ccc[nH]2)n[nH]c1=O. The van der Waals surface area contributed by atoms with Gasteiger partial charge >= 0.3 is 5.69 Å². The van der Waals surface area contributed by atoms with Gasteiger partial charge in [-0.1, -0.05) is 11.8 Å². The molecule has 6 nitrogen and oxygen atoms in total. The Bertz CT molecular complexity index is 555. The molecule has 0 amide bonds. The highest BCUT2D eigenvalue weighted by Crippen LogP contribution is 2.14. The molecule has 2 N–H and O–H groups in total. The van der Waals surface area contributed by atoms with E-state index in [1.807, 2.05) is 6.92 Å². The first-order valence-electron chi connectivity index (χ1n) is 5.17. The fourth-order valence-corrected chi connectivity index (χ4v) is 2.30. The summed E-state index contributed by atoms with van der Waals surface area (Å²) in [5.41, 5.74) is 0.320. The Morgan fingerprint density at radius 3 is 3.06 bits per heavy atom. The van der Waals surface area contributed by atoms with E-state index in [2.05, 4.69) is 15.2 Å². The molecule has 17 heavy (non-hydrogen) atoms. The standard InChI is InChI=1S/C10H12N4O2S/c1-2-14-9(16)12-13-10(14)17-6-8(15)7-4-3-5-11-7/h3-5,11H,2,6H2,1H3,(H,12,16). The topological polar surface area (TPSA) is 83.5 Å². The first kappa shape index (κ1) is 11.7. The zero-order chi connectivity index (χ0) is 12.3. The number of Topliss-reactive ketones (excluding diaryl/α,β-unsaturated/α-hetero) is 1. The summed E-state index contributed by atoms with van der Waals surface area (Å²) in [5.74, 6) is 0.239. The minimum Gasteiger partial charge on any atom is -0.359 e. The second-order valence-corrected chi connectivity index (χ2v) is 4.29. The van der Waals surface area contributed by atoms with Crippen LogP contribution in [-0.2, 0) is 6.54 Å². The number of aromatic amines is 2. The van der Waals surface area contributed by atoms with Crippen LogP contribution in [0.5, 0.6) is 0 Å². The molecule has 0 atom stereocenters. The Kier molecular flexibility index (Phi) is 3.48. The lowest BCUT2D eigenvalue weighted by Gasteiger charge is -2.00. The highest BCUT2D eigenvalue weighted by Gasteiger charge is 2.11. The second kappa shape index (κ2) is 5.05. The van der Waals surface area contributed by atoms with Crippen LogP contribution in [0.1, 0.15) is 17.4 Å². The van der Waals surface area contributed by atoms with Crippen LogP contribution in [-0.4, -0.2) is 31.3 Å². The summed E-state index contributed by atoms with van der Waals surface area (Å²) in [5, 5.41) is 6.77. The van der Waals surface area contributed by atoms with Crippen molar-refractivity contribution in [3.63, 3.8) is 0 Å². The van der Waals surface area contributed by atoms with E-state index in [0.717, 1.165) is 0 Å². The van der Waals surface area contributed by atoms with E-state index in [0.29, 0.717) is 17.4 Å². The van der Waals surface area contributed by atoms with E-state index < -0.39 is 0 Å². The zero-order valence-electron chi connectivity index (χ0n) is 9.27. The molecule has 0 radical (unpaired) electrons. The summed E-state index contributed by atoms with van der Waals surface area (Å²) in [6.45, 7) is 2.39. The van der Waals surface area contributed by atoms with Gasteiger partial charge in [0.05, 0.1) is 11.4 Å². The van der Waals surface area contributed by atoms with Crippen LogP contribution in [0, 0.1) is 0 Å². The van der Waals surface area contributed by atoms with Gasteiger partial charge in [0, 0.05) is 12.7 Å². The van der Waals surface area contributed by atoms with Crippen molar-refractivity contribution < 1.29 is 4.79 Å². The van der Waals surface area contributed by atoms with Gasteiger partial charge in [-0.2, -0.15) is 0 Å². The average Bonchev–Trinajstić information content (AvgIpc) is 2.95. The number of rotatable bonds is 5. The third-order valence-corrected chi connectivity index (χ3v) is 3.25. The van der Waals surface area contributed by atoms with Crippen LogP contribution < -0.4 is 5.69 Å². The molecule has 2 aromatic heterocycles. The minimum atomic E-state index is -0.248. The number of carbonyl (C=O) groups is 1. The monoisotopic (exact) mass is 252 g/mol. The van der Waals surface area contributed by atoms with E-state index in [1.165, 1.54) is 16.3 Å². The molecular weight excluding hydrogens is 240 g/mol. The minimum absolute atomic E-state index is 0.0156. The largest absolute Gasteiger partial charge is 0.359 e. The van der Waals surface area contributed by atoms with Crippen molar-refractivity contribution in [1.82, 2.24) is 19.7 Å². The molecule has 0 aliphatic carbocycles. The van der Waals surface area contributed by atoms with Crippen LogP contribution in [0.2, 0.25) is 0 Å². The lowest BCUT2D eigenvalue weighted by molar-refractivity contribution is 0.101. The highest BCUT2D eigenvalue weighted by molar-refractivity contribution is 7.99. The molecule has 0 fully saturated rings. The number of H-pyrrole nitrogens is 2. The van der Waals surface area contributed by atoms with Crippen molar-refractivity contribution in [2.24, 2.45) is 0 Å². The maximum Gasteiger partial charge on any atom is 0.343 e. The maximum absolute atomic E-state index is 11.7. The molecule has 2 rings (SSSR count). The third kappa shape index (κ3) is 2.50.